The van der Waals surface area contributed by atoms with Crippen LogP contribution in [0.4, 0.5) is 21.8 Å². The molecule has 134 valence electrons. The highest BCUT2D eigenvalue weighted by Gasteiger charge is 2.10. The van der Waals surface area contributed by atoms with Crippen LogP contribution in [0.3, 0.4) is 0 Å². The summed E-state index contributed by atoms with van der Waals surface area (Å²) in [6.45, 7) is 5.94. The standard InChI is InChI=1S/C21H23FN4/c1-4-14(2)23-21-25-19(16-9-6-5-7-10-16)13-20(26-21)24-18-12-8-11-17(22)15(18)3/h5-14H,4H2,1-3H3,(H2,23,24,25,26)/t14-/m0/s1. The molecule has 0 unspecified atom stereocenters. The van der Waals surface area contributed by atoms with Crippen LogP contribution in [0.1, 0.15) is 25.8 Å². The zero-order chi connectivity index (χ0) is 18.5. The van der Waals surface area contributed by atoms with Gasteiger partial charge >= 0.3 is 0 Å². The summed E-state index contributed by atoms with van der Waals surface area (Å²) in [6, 6.07) is 17.0. The van der Waals surface area contributed by atoms with Crippen LogP contribution in [-0.2, 0) is 0 Å². The van der Waals surface area contributed by atoms with E-state index >= 15 is 0 Å². The molecule has 2 aromatic carbocycles. The second kappa shape index (κ2) is 7.95. The predicted octanol–water partition coefficient (Wildman–Crippen LogP) is 5.55. The van der Waals surface area contributed by atoms with E-state index in [1.807, 2.05) is 42.5 Å². The normalized spacial score (nSPS) is 11.8. The smallest absolute Gasteiger partial charge is 0.225 e. The molecule has 3 aromatic rings. The number of nitrogens with one attached hydrogen (secondary N) is 2. The largest absolute Gasteiger partial charge is 0.352 e. The van der Waals surface area contributed by atoms with Gasteiger partial charge in [-0.25, -0.2) is 9.37 Å². The summed E-state index contributed by atoms with van der Waals surface area (Å²) in [5.41, 5.74) is 3.06. The molecule has 0 saturated carbocycles. The van der Waals surface area contributed by atoms with Gasteiger partial charge in [-0.1, -0.05) is 43.3 Å². The molecule has 26 heavy (non-hydrogen) atoms. The zero-order valence-corrected chi connectivity index (χ0v) is 15.3. The first kappa shape index (κ1) is 17.9. The Kier molecular flexibility index (Phi) is 5.46. The van der Waals surface area contributed by atoms with Crippen molar-refractivity contribution in [1.82, 2.24) is 9.97 Å². The molecule has 0 bridgehead atoms. The zero-order valence-electron chi connectivity index (χ0n) is 15.3. The van der Waals surface area contributed by atoms with E-state index in [0.29, 0.717) is 23.0 Å². The second-order valence-corrected chi connectivity index (χ2v) is 6.32. The molecule has 0 aliphatic carbocycles. The van der Waals surface area contributed by atoms with Crippen molar-refractivity contribution in [3.8, 4) is 11.3 Å². The highest BCUT2D eigenvalue weighted by molar-refractivity contribution is 5.68. The number of hydrogen-bond acceptors (Lipinski definition) is 4. The molecule has 0 fully saturated rings. The SMILES string of the molecule is CC[C@H](C)Nc1nc(Nc2cccc(F)c2C)cc(-c2ccccc2)n1. The number of hydrogen-bond donors (Lipinski definition) is 2. The van der Waals surface area contributed by atoms with Gasteiger partial charge in [0.05, 0.1) is 5.69 Å². The van der Waals surface area contributed by atoms with E-state index in [-0.39, 0.29) is 11.9 Å². The summed E-state index contributed by atoms with van der Waals surface area (Å²) >= 11 is 0. The molecule has 0 spiro atoms. The van der Waals surface area contributed by atoms with Gasteiger partial charge in [0.15, 0.2) is 0 Å². The number of rotatable bonds is 6. The van der Waals surface area contributed by atoms with Gasteiger partial charge in [-0.2, -0.15) is 4.98 Å². The van der Waals surface area contributed by atoms with Crippen LogP contribution in [0, 0.1) is 12.7 Å². The van der Waals surface area contributed by atoms with Crippen LogP contribution in [0.25, 0.3) is 11.3 Å². The van der Waals surface area contributed by atoms with Crippen LogP contribution in [0.2, 0.25) is 0 Å². The van der Waals surface area contributed by atoms with Crippen LogP contribution in [-0.4, -0.2) is 16.0 Å². The van der Waals surface area contributed by atoms with Crippen molar-refractivity contribution in [2.24, 2.45) is 0 Å². The summed E-state index contributed by atoms with van der Waals surface area (Å²) in [7, 11) is 0. The van der Waals surface area contributed by atoms with Gasteiger partial charge in [0, 0.05) is 28.9 Å². The highest BCUT2D eigenvalue weighted by Crippen LogP contribution is 2.26. The lowest BCUT2D eigenvalue weighted by molar-refractivity contribution is 0.619. The quantitative estimate of drug-likeness (QED) is 0.612. The number of anilines is 3. The Hall–Kier alpha value is -2.95. The molecule has 1 aromatic heterocycles. The van der Waals surface area contributed by atoms with Crippen molar-refractivity contribution in [1.29, 1.82) is 0 Å². The lowest BCUT2D eigenvalue weighted by Crippen LogP contribution is -2.16. The van der Waals surface area contributed by atoms with E-state index in [1.54, 1.807) is 13.0 Å². The van der Waals surface area contributed by atoms with Crippen molar-refractivity contribution < 1.29 is 4.39 Å². The molecule has 3 rings (SSSR count). The minimum absolute atomic E-state index is 0.245. The van der Waals surface area contributed by atoms with Gasteiger partial charge in [0.25, 0.3) is 0 Å². The fraction of sp³-hybridized carbons (Fsp3) is 0.238. The van der Waals surface area contributed by atoms with E-state index in [1.165, 1.54) is 6.07 Å². The van der Waals surface area contributed by atoms with E-state index in [2.05, 4.69) is 34.4 Å². The average molecular weight is 350 g/mol. The van der Waals surface area contributed by atoms with Gasteiger partial charge in [0.1, 0.15) is 11.6 Å². The van der Waals surface area contributed by atoms with Gasteiger partial charge in [0.2, 0.25) is 5.95 Å². The summed E-state index contributed by atoms with van der Waals surface area (Å²) in [5.74, 6) is 0.931. The molecule has 1 heterocycles. The third kappa shape index (κ3) is 4.17. The van der Waals surface area contributed by atoms with Gasteiger partial charge in [-0.3, -0.25) is 0 Å². The maximum atomic E-state index is 13.8. The highest BCUT2D eigenvalue weighted by atomic mass is 19.1. The first-order chi connectivity index (χ1) is 12.6. The van der Waals surface area contributed by atoms with Crippen LogP contribution in [0.15, 0.2) is 54.6 Å². The Morgan fingerprint density at radius 1 is 1.04 bits per heavy atom. The fourth-order valence-electron chi connectivity index (χ4n) is 2.54. The Bertz CT molecular complexity index is 880. The van der Waals surface area contributed by atoms with E-state index in [4.69, 9.17) is 0 Å². The van der Waals surface area contributed by atoms with Crippen LogP contribution < -0.4 is 10.6 Å². The monoisotopic (exact) mass is 350 g/mol. The van der Waals surface area contributed by atoms with E-state index < -0.39 is 0 Å². The number of halogens is 1. The maximum Gasteiger partial charge on any atom is 0.225 e. The van der Waals surface area contributed by atoms with Gasteiger partial charge in [-0.15, -0.1) is 0 Å². The summed E-state index contributed by atoms with van der Waals surface area (Å²) < 4.78 is 13.8. The number of nitrogens with zero attached hydrogens (tertiary/aromatic N) is 2. The Morgan fingerprint density at radius 3 is 2.54 bits per heavy atom. The average Bonchev–Trinajstić information content (AvgIpc) is 2.66. The number of aromatic nitrogens is 2. The lowest BCUT2D eigenvalue weighted by atomic mass is 10.1. The molecular weight excluding hydrogens is 327 g/mol. The molecule has 0 aliphatic heterocycles. The van der Waals surface area contributed by atoms with Crippen molar-refractivity contribution in [3.05, 3.63) is 66.0 Å². The fourth-order valence-corrected chi connectivity index (χ4v) is 2.54. The summed E-state index contributed by atoms with van der Waals surface area (Å²) in [4.78, 5) is 9.19. The van der Waals surface area contributed by atoms with Crippen molar-refractivity contribution in [2.75, 3.05) is 10.6 Å². The van der Waals surface area contributed by atoms with Crippen molar-refractivity contribution >= 4 is 17.5 Å². The van der Waals surface area contributed by atoms with E-state index in [0.717, 1.165) is 17.7 Å². The number of benzene rings is 2. The van der Waals surface area contributed by atoms with Crippen molar-refractivity contribution in [3.63, 3.8) is 0 Å². The first-order valence-corrected chi connectivity index (χ1v) is 8.80. The van der Waals surface area contributed by atoms with Crippen molar-refractivity contribution in [2.45, 2.75) is 33.2 Å². The molecule has 0 aliphatic rings. The van der Waals surface area contributed by atoms with Gasteiger partial charge < -0.3 is 10.6 Å². The molecule has 5 heteroatoms. The predicted molar refractivity (Wildman–Crippen MR) is 105 cm³/mol. The molecule has 2 N–H and O–H groups in total. The summed E-state index contributed by atoms with van der Waals surface area (Å²) in [5, 5.41) is 6.54. The van der Waals surface area contributed by atoms with E-state index in [9.17, 15) is 4.39 Å². The van der Waals surface area contributed by atoms with Crippen LogP contribution >= 0.6 is 0 Å². The second-order valence-electron chi connectivity index (χ2n) is 6.32. The Balaban J connectivity index is 2.00. The lowest BCUT2D eigenvalue weighted by Gasteiger charge is -2.15. The minimum Gasteiger partial charge on any atom is -0.352 e. The topological polar surface area (TPSA) is 49.8 Å². The molecule has 0 amide bonds. The Morgan fingerprint density at radius 2 is 1.81 bits per heavy atom. The van der Waals surface area contributed by atoms with Gasteiger partial charge in [-0.05, 0) is 32.4 Å². The molecular formula is C21H23FN4. The third-order valence-corrected chi connectivity index (χ3v) is 4.31. The molecule has 0 radical (unpaired) electrons. The molecule has 0 saturated heterocycles. The molecule has 4 nitrogen and oxygen atoms in total. The molecule has 1 atom stereocenters. The maximum absolute atomic E-state index is 13.8. The first-order valence-electron chi connectivity index (χ1n) is 8.80. The van der Waals surface area contributed by atoms with Crippen LogP contribution in [0.5, 0.6) is 0 Å². The third-order valence-electron chi connectivity index (χ3n) is 4.31. The Labute approximate surface area is 153 Å². The minimum atomic E-state index is -0.245. The summed E-state index contributed by atoms with van der Waals surface area (Å²) in [6.07, 6.45) is 0.963.